The number of benzene rings is 1. The highest BCUT2D eigenvalue weighted by molar-refractivity contribution is 6.21. The minimum absolute atomic E-state index is 0.103. The fraction of sp³-hybridized carbons (Fsp3) is 0.400. The Labute approximate surface area is 122 Å². The zero-order valence-electron chi connectivity index (χ0n) is 11.8. The maximum absolute atomic E-state index is 12.2. The van der Waals surface area contributed by atoms with Gasteiger partial charge in [0.2, 0.25) is 5.91 Å². The number of amides is 3. The molecule has 110 valence electrons. The molecule has 2 aliphatic rings. The predicted octanol–water partition coefficient (Wildman–Crippen LogP) is 0.978. The average Bonchev–Trinajstić information content (AvgIpc) is 2.98. The van der Waals surface area contributed by atoms with Crippen LogP contribution in [0.1, 0.15) is 40.0 Å². The summed E-state index contributed by atoms with van der Waals surface area (Å²) >= 11 is 0. The van der Waals surface area contributed by atoms with E-state index in [9.17, 15) is 14.4 Å². The Bertz CT molecular complexity index is 641. The molecule has 0 spiro atoms. The Morgan fingerprint density at radius 2 is 1.95 bits per heavy atom. The topological polar surface area (TPSA) is 92.5 Å². The lowest BCUT2D eigenvalue weighted by Gasteiger charge is -2.15. The van der Waals surface area contributed by atoms with Crippen LogP contribution in [-0.4, -0.2) is 35.7 Å². The van der Waals surface area contributed by atoms with Crippen molar-refractivity contribution in [3.05, 3.63) is 29.3 Å². The molecule has 1 aromatic carbocycles. The quantitative estimate of drug-likeness (QED) is 0.793. The van der Waals surface area contributed by atoms with Crippen molar-refractivity contribution in [1.29, 1.82) is 0 Å². The van der Waals surface area contributed by atoms with Gasteiger partial charge in [0, 0.05) is 18.8 Å². The van der Waals surface area contributed by atoms with E-state index in [0.29, 0.717) is 16.8 Å². The molecule has 0 saturated heterocycles. The van der Waals surface area contributed by atoms with Gasteiger partial charge < -0.3 is 11.1 Å². The summed E-state index contributed by atoms with van der Waals surface area (Å²) in [5.74, 6) is -0.960. The first kappa shape index (κ1) is 13.8. The Hall–Kier alpha value is -2.21. The summed E-state index contributed by atoms with van der Waals surface area (Å²) in [4.78, 5) is 37.0. The van der Waals surface area contributed by atoms with Crippen LogP contribution in [0.25, 0.3) is 0 Å². The SMILES string of the molecule is CN1C(=O)c2ccc(NC(=O)C3CCCC3N)cc2C1=O. The number of nitrogens with two attached hydrogens (primary N) is 1. The standard InChI is InChI=1S/C15H17N3O3/c1-18-14(20)9-6-5-8(7-11(9)15(18)21)17-13(19)10-3-2-4-12(10)16/h5-7,10,12H,2-4,16H2,1H3,(H,17,19). The second kappa shape index (κ2) is 4.96. The molecule has 21 heavy (non-hydrogen) atoms. The van der Waals surface area contributed by atoms with E-state index in [-0.39, 0.29) is 29.7 Å². The molecule has 1 aromatic rings. The van der Waals surface area contributed by atoms with Gasteiger partial charge in [-0.3, -0.25) is 19.3 Å². The Morgan fingerprint density at radius 3 is 2.62 bits per heavy atom. The van der Waals surface area contributed by atoms with Crippen LogP contribution in [0.3, 0.4) is 0 Å². The Kier molecular flexibility index (Phi) is 3.25. The molecule has 1 heterocycles. The molecule has 1 aliphatic heterocycles. The Balaban J connectivity index is 1.81. The van der Waals surface area contributed by atoms with Gasteiger partial charge in [-0.15, -0.1) is 0 Å². The lowest BCUT2D eigenvalue weighted by atomic mass is 10.0. The molecule has 6 heteroatoms. The van der Waals surface area contributed by atoms with Gasteiger partial charge in [0.1, 0.15) is 0 Å². The number of hydrogen-bond donors (Lipinski definition) is 2. The third-order valence-corrected chi connectivity index (χ3v) is 4.26. The molecule has 2 atom stereocenters. The number of nitrogens with one attached hydrogen (secondary N) is 1. The fourth-order valence-electron chi connectivity index (χ4n) is 2.99. The van der Waals surface area contributed by atoms with Crippen LogP contribution in [0.5, 0.6) is 0 Å². The number of fused-ring (bicyclic) bond motifs is 1. The van der Waals surface area contributed by atoms with Crippen molar-refractivity contribution in [2.75, 3.05) is 12.4 Å². The van der Waals surface area contributed by atoms with Gasteiger partial charge in [-0.2, -0.15) is 0 Å². The van der Waals surface area contributed by atoms with Gasteiger partial charge in [0.05, 0.1) is 17.0 Å². The predicted molar refractivity (Wildman–Crippen MR) is 76.8 cm³/mol. The number of rotatable bonds is 2. The molecule has 1 saturated carbocycles. The van der Waals surface area contributed by atoms with E-state index in [4.69, 9.17) is 5.73 Å². The third-order valence-electron chi connectivity index (χ3n) is 4.26. The zero-order valence-corrected chi connectivity index (χ0v) is 11.8. The summed E-state index contributed by atoms with van der Waals surface area (Å²) in [6.07, 6.45) is 2.61. The zero-order chi connectivity index (χ0) is 15.1. The summed E-state index contributed by atoms with van der Waals surface area (Å²) in [5, 5.41) is 2.79. The van der Waals surface area contributed by atoms with E-state index in [1.165, 1.54) is 7.05 Å². The number of carbonyl (C=O) groups is 3. The molecule has 0 bridgehead atoms. The van der Waals surface area contributed by atoms with Gasteiger partial charge in [0.15, 0.2) is 0 Å². The third kappa shape index (κ3) is 2.21. The van der Waals surface area contributed by atoms with Crippen LogP contribution in [0.2, 0.25) is 0 Å². The minimum Gasteiger partial charge on any atom is -0.327 e. The summed E-state index contributed by atoms with van der Waals surface area (Å²) in [6, 6.07) is 4.66. The lowest BCUT2D eigenvalue weighted by Crippen LogP contribution is -2.34. The Morgan fingerprint density at radius 1 is 1.24 bits per heavy atom. The van der Waals surface area contributed by atoms with Gasteiger partial charge in [-0.05, 0) is 31.0 Å². The van der Waals surface area contributed by atoms with Crippen molar-refractivity contribution in [1.82, 2.24) is 4.90 Å². The number of imide groups is 1. The normalized spacial score (nSPS) is 24.4. The van der Waals surface area contributed by atoms with Crippen molar-refractivity contribution in [2.24, 2.45) is 11.7 Å². The van der Waals surface area contributed by atoms with Gasteiger partial charge in [-0.25, -0.2) is 0 Å². The summed E-state index contributed by atoms with van der Waals surface area (Å²) in [7, 11) is 1.44. The highest BCUT2D eigenvalue weighted by atomic mass is 16.2. The molecule has 6 nitrogen and oxygen atoms in total. The number of carbonyl (C=O) groups excluding carboxylic acids is 3. The minimum atomic E-state index is -0.344. The molecule has 3 rings (SSSR count). The van der Waals surface area contributed by atoms with Gasteiger partial charge >= 0.3 is 0 Å². The summed E-state index contributed by atoms with van der Waals surface area (Å²) < 4.78 is 0. The van der Waals surface area contributed by atoms with Gasteiger partial charge in [-0.1, -0.05) is 6.42 Å². The smallest absolute Gasteiger partial charge is 0.261 e. The molecule has 2 unspecified atom stereocenters. The van der Waals surface area contributed by atoms with Crippen LogP contribution < -0.4 is 11.1 Å². The summed E-state index contributed by atoms with van der Waals surface area (Å²) in [6.45, 7) is 0. The van der Waals surface area contributed by atoms with Crippen LogP contribution in [0, 0.1) is 5.92 Å². The highest BCUT2D eigenvalue weighted by Gasteiger charge is 2.34. The van der Waals surface area contributed by atoms with E-state index >= 15 is 0 Å². The first-order chi connectivity index (χ1) is 9.99. The largest absolute Gasteiger partial charge is 0.327 e. The first-order valence-corrected chi connectivity index (χ1v) is 7.02. The van der Waals surface area contributed by atoms with E-state index in [0.717, 1.165) is 24.2 Å². The fourth-order valence-corrected chi connectivity index (χ4v) is 2.99. The second-order valence-electron chi connectivity index (χ2n) is 5.62. The lowest BCUT2D eigenvalue weighted by molar-refractivity contribution is -0.120. The van der Waals surface area contributed by atoms with Crippen molar-refractivity contribution in [3.63, 3.8) is 0 Å². The van der Waals surface area contributed by atoms with Crippen molar-refractivity contribution in [3.8, 4) is 0 Å². The average molecular weight is 287 g/mol. The molecule has 3 amide bonds. The number of anilines is 1. The molecular weight excluding hydrogens is 270 g/mol. The molecule has 3 N–H and O–H groups in total. The van der Waals surface area contributed by atoms with Crippen LogP contribution in [0.15, 0.2) is 18.2 Å². The van der Waals surface area contributed by atoms with Gasteiger partial charge in [0.25, 0.3) is 11.8 Å². The monoisotopic (exact) mass is 287 g/mol. The van der Waals surface area contributed by atoms with E-state index in [1.807, 2.05) is 0 Å². The highest BCUT2D eigenvalue weighted by Crippen LogP contribution is 2.27. The molecule has 1 fully saturated rings. The molecular formula is C15H17N3O3. The maximum Gasteiger partial charge on any atom is 0.261 e. The molecule has 0 aromatic heterocycles. The van der Waals surface area contributed by atoms with E-state index < -0.39 is 0 Å². The second-order valence-corrected chi connectivity index (χ2v) is 5.62. The van der Waals surface area contributed by atoms with Crippen LogP contribution >= 0.6 is 0 Å². The molecule has 1 aliphatic carbocycles. The maximum atomic E-state index is 12.2. The van der Waals surface area contributed by atoms with Crippen LogP contribution in [-0.2, 0) is 4.79 Å². The van der Waals surface area contributed by atoms with Crippen molar-refractivity contribution < 1.29 is 14.4 Å². The van der Waals surface area contributed by atoms with E-state index in [2.05, 4.69) is 5.32 Å². The molecule has 0 radical (unpaired) electrons. The van der Waals surface area contributed by atoms with E-state index in [1.54, 1.807) is 18.2 Å². The summed E-state index contributed by atoms with van der Waals surface area (Å²) in [5.41, 5.74) is 7.14. The number of nitrogens with zero attached hydrogens (tertiary/aromatic N) is 1. The number of hydrogen-bond acceptors (Lipinski definition) is 4. The van der Waals surface area contributed by atoms with Crippen molar-refractivity contribution >= 4 is 23.4 Å². The first-order valence-electron chi connectivity index (χ1n) is 7.02. The van der Waals surface area contributed by atoms with Crippen molar-refractivity contribution in [2.45, 2.75) is 25.3 Å². The van der Waals surface area contributed by atoms with Crippen LogP contribution in [0.4, 0.5) is 5.69 Å².